The molecule has 0 saturated heterocycles. The lowest BCUT2D eigenvalue weighted by Gasteiger charge is -2.06. The third-order valence-corrected chi connectivity index (χ3v) is 3.84. The summed E-state index contributed by atoms with van der Waals surface area (Å²) in [5.74, 6) is 1.38. The largest absolute Gasteiger partial charge is 0.383 e. The Morgan fingerprint density at radius 1 is 1.05 bits per heavy atom. The molecule has 94 valence electrons. The summed E-state index contributed by atoms with van der Waals surface area (Å²) >= 11 is 1.67. The summed E-state index contributed by atoms with van der Waals surface area (Å²) in [6.07, 6.45) is 1.80. The molecule has 0 aliphatic carbocycles. The molecule has 0 unspecified atom stereocenters. The summed E-state index contributed by atoms with van der Waals surface area (Å²) in [5, 5.41) is 2.11. The predicted molar refractivity (Wildman–Crippen MR) is 80.0 cm³/mol. The van der Waals surface area contributed by atoms with Crippen LogP contribution < -0.4 is 5.73 Å². The molecule has 3 aromatic rings. The molecule has 0 aliphatic rings. The monoisotopic (exact) mass is 267 g/mol. The van der Waals surface area contributed by atoms with E-state index in [0.717, 1.165) is 27.2 Å². The van der Waals surface area contributed by atoms with Gasteiger partial charge in [0.15, 0.2) is 0 Å². The molecule has 0 fully saturated rings. The molecule has 0 amide bonds. The van der Waals surface area contributed by atoms with E-state index in [2.05, 4.69) is 22.1 Å². The van der Waals surface area contributed by atoms with Crippen LogP contribution in [0.1, 0.15) is 5.56 Å². The van der Waals surface area contributed by atoms with Crippen LogP contribution in [-0.2, 0) is 5.75 Å². The van der Waals surface area contributed by atoms with Gasteiger partial charge in [0, 0.05) is 22.9 Å². The predicted octanol–water partition coefficient (Wildman–Crippen LogP) is 3.50. The van der Waals surface area contributed by atoms with Gasteiger partial charge in [-0.25, -0.2) is 9.97 Å². The fourth-order valence-electron chi connectivity index (χ4n) is 1.87. The van der Waals surface area contributed by atoms with Crippen molar-refractivity contribution < 1.29 is 0 Å². The Bertz CT molecular complexity index is 698. The number of benzene rings is 1. The highest BCUT2D eigenvalue weighted by atomic mass is 32.2. The first kappa shape index (κ1) is 12.0. The summed E-state index contributed by atoms with van der Waals surface area (Å²) in [6.45, 7) is 0. The fraction of sp³-hybridized carbons (Fsp3) is 0.0667. The molecule has 1 aromatic carbocycles. The molecule has 0 saturated carbocycles. The highest BCUT2D eigenvalue weighted by Crippen LogP contribution is 2.25. The molecule has 0 radical (unpaired) electrons. The average molecular weight is 267 g/mol. The van der Waals surface area contributed by atoms with Crippen molar-refractivity contribution in [2.45, 2.75) is 10.8 Å². The van der Waals surface area contributed by atoms with Gasteiger partial charge in [-0.3, -0.25) is 0 Å². The number of hydrogen-bond donors (Lipinski definition) is 1. The average Bonchev–Trinajstić information content (AvgIpc) is 2.46. The van der Waals surface area contributed by atoms with Crippen LogP contribution in [0.5, 0.6) is 0 Å². The fourth-order valence-corrected chi connectivity index (χ4v) is 2.72. The number of nitrogens with two attached hydrogens (primary N) is 1. The molecule has 0 aliphatic heterocycles. The van der Waals surface area contributed by atoms with E-state index in [-0.39, 0.29) is 0 Å². The van der Waals surface area contributed by atoms with Gasteiger partial charge in [0.05, 0.1) is 10.5 Å². The van der Waals surface area contributed by atoms with Crippen LogP contribution in [0.4, 0.5) is 5.82 Å². The number of thioether (sulfide) groups is 1. The Balaban J connectivity index is 1.86. The SMILES string of the molecule is Nc1nc2ccccc2cc1CSc1ccccn1. The molecule has 2 N–H and O–H groups in total. The zero-order valence-electron chi connectivity index (χ0n) is 10.3. The maximum absolute atomic E-state index is 6.01. The number of hydrogen-bond acceptors (Lipinski definition) is 4. The van der Waals surface area contributed by atoms with Gasteiger partial charge in [0.2, 0.25) is 0 Å². The van der Waals surface area contributed by atoms with Crippen molar-refractivity contribution in [2.75, 3.05) is 5.73 Å². The Labute approximate surface area is 115 Å². The van der Waals surface area contributed by atoms with Crippen LogP contribution >= 0.6 is 11.8 Å². The van der Waals surface area contributed by atoms with Crippen molar-refractivity contribution in [1.29, 1.82) is 0 Å². The smallest absolute Gasteiger partial charge is 0.128 e. The highest BCUT2D eigenvalue weighted by molar-refractivity contribution is 7.98. The van der Waals surface area contributed by atoms with Gasteiger partial charge in [-0.05, 0) is 24.3 Å². The molecule has 3 nitrogen and oxygen atoms in total. The highest BCUT2D eigenvalue weighted by Gasteiger charge is 2.05. The van der Waals surface area contributed by atoms with E-state index < -0.39 is 0 Å². The van der Waals surface area contributed by atoms with Crippen molar-refractivity contribution in [3.8, 4) is 0 Å². The second-order valence-corrected chi connectivity index (χ2v) is 5.18. The van der Waals surface area contributed by atoms with Crippen LogP contribution in [0.25, 0.3) is 10.9 Å². The van der Waals surface area contributed by atoms with Crippen LogP contribution in [0.3, 0.4) is 0 Å². The number of nitrogens with zero attached hydrogens (tertiary/aromatic N) is 2. The first-order chi connectivity index (χ1) is 9.33. The minimum atomic E-state index is 0.599. The number of anilines is 1. The Morgan fingerprint density at radius 2 is 1.89 bits per heavy atom. The number of pyridine rings is 2. The van der Waals surface area contributed by atoms with Gasteiger partial charge >= 0.3 is 0 Å². The van der Waals surface area contributed by atoms with Gasteiger partial charge in [-0.15, -0.1) is 11.8 Å². The van der Waals surface area contributed by atoms with Crippen LogP contribution in [-0.4, -0.2) is 9.97 Å². The van der Waals surface area contributed by atoms with E-state index in [9.17, 15) is 0 Å². The Morgan fingerprint density at radius 3 is 2.74 bits per heavy atom. The van der Waals surface area contributed by atoms with Crippen molar-refractivity contribution in [3.05, 3.63) is 60.3 Å². The maximum atomic E-state index is 6.01. The zero-order chi connectivity index (χ0) is 13.1. The number of para-hydroxylation sites is 1. The number of fused-ring (bicyclic) bond motifs is 1. The lowest BCUT2D eigenvalue weighted by molar-refractivity contribution is 1.13. The molecule has 19 heavy (non-hydrogen) atoms. The van der Waals surface area contributed by atoms with E-state index in [4.69, 9.17) is 5.73 Å². The molecule has 0 atom stereocenters. The van der Waals surface area contributed by atoms with Gasteiger partial charge < -0.3 is 5.73 Å². The topological polar surface area (TPSA) is 51.8 Å². The van der Waals surface area contributed by atoms with Crippen LogP contribution in [0.2, 0.25) is 0 Å². The molecule has 0 bridgehead atoms. The number of rotatable bonds is 3. The van der Waals surface area contributed by atoms with Gasteiger partial charge in [-0.1, -0.05) is 24.3 Å². The van der Waals surface area contributed by atoms with Crippen LogP contribution in [0.15, 0.2) is 59.8 Å². The molecular weight excluding hydrogens is 254 g/mol. The molecular formula is C15H13N3S. The van der Waals surface area contributed by atoms with Crippen molar-refractivity contribution >= 4 is 28.5 Å². The summed E-state index contributed by atoms with van der Waals surface area (Å²) in [4.78, 5) is 8.72. The summed E-state index contributed by atoms with van der Waals surface area (Å²) < 4.78 is 0. The minimum absolute atomic E-state index is 0.599. The van der Waals surface area contributed by atoms with Gasteiger partial charge in [0.25, 0.3) is 0 Å². The third kappa shape index (κ3) is 2.69. The lowest BCUT2D eigenvalue weighted by atomic mass is 10.1. The second-order valence-electron chi connectivity index (χ2n) is 4.18. The van der Waals surface area contributed by atoms with Crippen molar-refractivity contribution in [3.63, 3.8) is 0 Å². The minimum Gasteiger partial charge on any atom is -0.383 e. The number of nitrogen functional groups attached to an aromatic ring is 1. The molecule has 2 aromatic heterocycles. The first-order valence-corrected chi connectivity index (χ1v) is 6.99. The van der Waals surface area contributed by atoms with Crippen molar-refractivity contribution in [1.82, 2.24) is 9.97 Å². The van der Waals surface area contributed by atoms with Gasteiger partial charge in [-0.2, -0.15) is 0 Å². The molecule has 0 spiro atoms. The summed E-state index contributed by atoms with van der Waals surface area (Å²) in [5.41, 5.74) is 7.99. The molecule has 3 rings (SSSR count). The molecule has 4 heteroatoms. The first-order valence-electron chi connectivity index (χ1n) is 6.01. The maximum Gasteiger partial charge on any atom is 0.128 e. The zero-order valence-corrected chi connectivity index (χ0v) is 11.1. The summed E-state index contributed by atoms with van der Waals surface area (Å²) in [7, 11) is 0. The lowest BCUT2D eigenvalue weighted by Crippen LogP contribution is -1.97. The Hall–Kier alpha value is -2.07. The van der Waals surface area contributed by atoms with E-state index >= 15 is 0 Å². The van der Waals surface area contributed by atoms with Gasteiger partial charge in [0.1, 0.15) is 5.82 Å². The standard InChI is InChI=1S/C15H13N3S/c16-15-12(10-19-14-7-3-4-8-17-14)9-11-5-1-2-6-13(11)18-15/h1-9H,10H2,(H2,16,18). The van der Waals surface area contributed by atoms with E-state index in [1.165, 1.54) is 0 Å². The third-order valence-electron chi connectivity index (χ3n) is 2.85. The van der Waals surface area contributed by atoms with Crippen molar-refractivity contribution in [2.24, 2.45) is 0 Å². The quantitative estimate of drug-likeness (QED) is 0.738. The van der Waals surface area contributed by atoms with E-state index in [1.54, 1.807) is 18.0 Å². The van der Waals surface area contributed by atoms with Crippen LogP contribution in [0, 0.1) is 0 Å². The second kappa shape index (κ2) is 5.28. The van der Waals surface area contributed by atoms with E-state index in [1.807, 2.05) is 36.4 Å². The summed E-state index contributed by atoms with van der Waals surface area (Å²) in [6, 6.07) is 16.0. The normalized spacial score (nSPS) is 10.7. The molecule has 2 heterocycles. The Kier molecular flexibility index (Phi) is 3.33. The van der Waals surface area contributed by atoms with E-state index in [0.29, 0.717) is 5.82 Å². The number of aromatic nitrogens is 2.